The zero-order chi connectivity index (χ0) is 12.6. The minimum Gasteiger partial charge on any atom is -0.396 e. The van der Waals surface area contributed by atoms with Crippen LogP contribution in [0.15, 0.2) is 0 Å². The Labute approximate surface area is 102 Å². The predicted molar refractivity (Wildman–Crippen MR) is 71.6 cm³/mol. The fourth-order valence-electron chi connectivity index (χ4n) is 2.31. The van der Waals surface area contributed by atoms with Crippen molar-refractivity contribution in [2.75, 3.05) is 13.2 Å². The van der Waals surface area contributed by atoms with Crippen molar-refractivity contribution in [2.24, 2.45) is 17.8 Å². The topological polar surface area (TPSA) is 32.3 Å². The molecule has 0 aromatic rings. The molecule has 0 amide bonds. The summed E-state index contributed by atoms with van der Waals surface area (Å²) < 4.78 is 0. The van der Waals surface area contributed by atoms with Gasteiger partial charge in [0, 0.05) is 12.6 Å². The van der Waals surface area contributed by atoms with Crippen molar-refractivity contribution in [1.82, 2.24) is 5.32 Å². The molecule has 0 bridgehead atoms. The third-order valence-electron chi connectivity index (χ3n) is 2.92. The van der Waals surface area contributed by atoms with E-state index in [1.54, 1.807) is 0 Å². The molecule has 2 N–H and O–H groups in total. The normalized spacial score (nSPS) is 15.8. The van der Waals surface area contributed by atoms with Crippen LogP contribution in [-0.2, 0) is 0 Å². The summed E-state index contributed by atoms with van der Waals surface area (Å²) in [5, 5.41) is 12.6. The standard InChI is InChI=1S/C14H31NO/c1-11(2)8-13(5)15-10-14(6-7-16)9-12(3)4/h11-16H,6-10H2,1-5H3. The molecule has 0 radical (unpaired) electrons. The van der Waals surface area contributed by atoms with Crippen molar-refractivity contribution >= 4 is 0 Å². The Bertz CT molecular complexity index is 157. The minimum absolute atomic E-state index is 0.317. The zero-order valence-corrected chi connectivity index (χ0v) is 11.8. The van der Waals surface area contributed by atoms with Crippen molar-refractivity contribution in [1.29, 1.82) is 0 Å². The van der Waals surface area contributed by atoms with Gasteiger partial charge in [-0.05, 0) is 50.5 Å². The van der Waals surface area contributed by atoms with E-state index in [2.05, 4.69) is 39.9 Å². The Morgan fingerprint density at radius 1 is 0.938 bits per heavy atom. The highest BCUT2D eigenvalue weighted by atomic mass is 16.3. The van der Waals surface area contributed by atoms with Gasteiger partial charge >= 0.3 is 0 Å². The van der Waals surface area contributed by atoms with E-state index in [0.717, 1.165) is 24.8 Å². The molecule has 0 aliphatic heterocycles. The van der Waals surface area contributed by atoms with Crippen LogP contribution in [0.4, 0.5) is 0 Å². The van der Waals surface area contributed by atoms with Crippen LogP contribution in [0, 0.1) is 17.8 Å². The minimum atomic E-state index is 0.317. The molecule has 0 saturated carbocycles. The number of nitrogens with one attached hydrogen (secondary N) is 1. The Kier molecular flexibility index (Phi) is 8.96. The summed E-state index contributed by atoms with van der Waals surface area (Å²) in [6.45, 7) is 12.6. The monoisotopic (exact) mass is 229 g/mol. The lowest BCUT2D eigenvalue weighted by molar-refractivity contribution is 0.235. The van der Waals surface area contributed by atoms with Gasteiger partial charge in [0.1, 0.15) is 0 Å². The van der Waals surface area contributed by atoms with Crippen LogP contribution in [0.5, 0.6) is 0 Å². The fraction of sp³-hybridized carbons (Fsp3) is 1.00. The van der Waals surface area contributed by atoms with E-state index in [0.29, 0.717) is 18.6 Å². The van der Waals surface area contributed by atoms with E-state index in [9.17, 15) is 0 Å². The first-order valence-corrected chi connectivity index (χ1v) is 6.79. The molecule has 0 aromatic heterocycles. The number of hydrogen-bond acceptors (Lipinski definition) is 2. The van der Waals surface area contributed by atoms with E-state index < -0.39 is 0 Å². The summed E-state index contributed by atoms with van der Waals surface area (Å²) >= 11 is 0. The molecule has 0 aromatic carbocycles. The summed E-state index contributed by atoms with van der Waals surface area (Å²) in [7, 11) is 0. The lowest BCUT2D eigenvalue weighted by Crippen LogP contribution is -2.33. The fourth-order valence-corrected chi connectivity index (χ4v) is 2.31. The molecule has 2 unspecified atom stereocenters. The Hall–Kier alpha value is -0.0800. The van der Waals surface area contributed by atoms with E-state index in [4.69, 9.17) is 5.11 Å². The van der Waals surface area contributed by atoms with Gasteiger partial charge in [0.15, 0.2) is 0 Å². The van der Waals surface area contributed by atoms with Crippen molar-refractivity contribution in [3.8, 4) is 0 Å². The van der Waals surface area contributed by atoms with E-state index >= 15 is 0 Å². The lowest BCUT2D eigenvalue weighted by atomic mass is 9.94. The van der Waals surface area contributed by atoms with Gasteiger partial charge in [-0.3, -0.25) is 0 Å². The largest absolute Gasteiger partial charge is 0.396 e. The maximum atomic E-state index is 9.03. The van der Waals surface area contributed by atoms with Gasteiger partial charge in [0.2, 0.25) is 0 Å². The van der Waals surface area contributed by atoms with E-state index in [1.165, 1.54) is 12.8 Å². The second-order valence-corrected chi connectivity index (χ2v) is 5.95. The molecule has 0 rings (SSSR count). The summed E-state index contributed by atoms with van der Waals surface area (Å²) in [5.41, 5.74) is 0. The van der Waals surface area contributed by atoms with Gasteiger partial charge in [-0.15, -0.1) is 0 Å². The Morgan fingerprint density at radius 3 is 1.94 bits per heavy atom. The molecule has 98 valence electrons. The molecule has 2 atom stereocenters. The van der Waals surface area contributed by atoms with Crippen LogP contribution in [0.25, 0.3) is 0 Å². The molecule has 0 saturated heterocycles. The highest BCUT2D eigenvalue weighted by Gasteiger charge is 2.12. The van der Waals surface area contributed by atoms with Crippen LogP contribution in [0.1, 0.15) is 53.9 Å². The Morgan fingerprint density at radius 2 is 1.50 bits per heavy atom. The van der Waals surface area contributed by atoms with Crippen molar-refractivity contribution in [3.05, 3.63) is 0 Å². The third kappa shape index (κ3) is 9.17. The maximum absolute atomic E-state index is 9.03. The molecule has 0 aliphatic carbocycles. The van der Waals surface area contributed by atoms with Crippen LogP contribution >= 0.6 is 0 Å². The predicted octanol–water partition coefficient (Wildman–Crippen LogP) is 3.06. The summed E-state index contributed by atoms with van der Waals surface area (Å²) in [6, 6.07) is 0.591. The quantitative estimate of drug-likeness (QED) is 0.637. The van der Waals surface area contributed by atoms with Gasteiger partial charge in [-0.25, -0.2) is 0 Å². The smallest absolute Gasteiger partial charge is 0.0434 e. The number of aliphatic hydroxyl groups is 1. The SMILES string of the molecule is CC(C)CC(CCO)CNC(C)CC(C)C. The van der Waals surface area contributed by atoms with Crippen LogP contribution in [-0.4, -0.2) is 24.3 Å². The van der Waals surface area contributed by atoms with E-state index in [-0.39, 0.29) is 0 Å². The first-order valence-electron chi connectivity index (χ1n) is 6.79. The molecule has 16 heavy (non-hydrogen) atoms. The summed E-state index contributed by atoms with van der Waals surface area (Å²) in [4.78, 5) is 0. The molecular formula is C14H31NO. The van der Waals surface area contributed by atoms with Crippen LogP contribution in [0.2, 0.25) is 0 Å². The lowest BCUT2D eigenvalue weighted by Gasteiger charge is -2.22. The number of aliphatic hydroxyl groups excluding tert-OH is 1. The van der Waals surface area contributed by atoms with Crippen LogP contribution in [0.3, 0.4) is 0 Å². The number of rotatable bonds is 9. The first kappa shape index (κ1) is 15.9. The summed E-state index contributed by atoms with van der Waals surface area (Å²) in [5.74, 6) is 2.10. The Balaban J connectivity index is 3.81. The van der Waals surface area contributed by atoms with E-state index in [1.807, 2.05) is 0 Å². The molecule has 2 nitrogen and oxygen atoms in total. The van der Waals surface area contributed by atoms with Gasteiger partial charge in [0.05, 0.1) is 0 Å². The average molecular weight is 229 g/mol. The molecule has 0 fully saturated rings. The zero-order valence-electron chi connectivity index (χ0n) is 11.8. The molecule has 0 aliphatic rings. The second kappa shape index (κ2) is 9.00. The molecule has 0 heterocycles. The third-order valence-corrected chi connectivity index (χ3v) is 2.92. The van der Waals surface area contributed by atoms with Gasteiger partial charge in [-0.2, -0.15) is 0 Å². The molecule has 2 heteroatoms. The second-order valence-electron chi connectivity index (χ2n) is 5.95. The molecule has 0 spiro atoms. The molecular weight excluding hydrogens is 198 g/mol. The van der Waals surface area contributed by atoms with Crippen molar-refractivity contribution < 1.29 is 5.11 Å². The average Bonchev–Trinajstić information content (AvgIpc) is 2.12. The number of hydrogen-bond donors (Lipinski definition) is 2. The first-order chi connectivity index (χ1) is 7.45. The maximum Gasteiger partial charge on any atom is 0.0434 e. The highest BCUT2D eigenvalue weighted by molar-refractivity contribution is 4.69. The highest BCUT2D eigenvalue weighted by Crippen LogP contribution is 2.15. The van der Waals surface area contributed by atoms with Gasteiger partial charge < -0.3 is 10.4 Å². The summed E-state index contributed by atoms with van der Waals surface area (Å²) in [6.07, 6.45) is 3.37. The van der Waals surface area contributed by atoms with Gasteiger partial charge in [0.25, 0.3) is 0 Å². The van der Waals surface area contributed by atoms with Crippen molar-refractivity contribution in [3.63, 3.8) is 0 Å². The van der Waals surface area contributed by atoms with Gasteiger partial charge in [-0.1, -0.05) is 27.7 Å². The van der Waals surface area contributed by atoms with Crippen molar-refractivity contribution in [2.45, 2.75) is 59.9 Å². The van der Waals surface area contributed by atoms with Crippen LogP contribution < -0.4 is 5.32 Å².